The maximum absolute atomic E-state index is 12.7. The number of hydrogen-bond acceptors (Lipinski definition) is 4. The van der Waals surface area contributed by atoms with Crippen LogP contribution in [0.2, 0.25) is 0 Å². The molecule has 0 aliphatic rings. The number of ether oxygens (including phenoxy) is 2. The monoisotopic (exact) mass is 370 g/mol. The van der Waals surface area contributed by atoms with Crippen LogP contribution in [0.1, 0.15) is 92.9 Å². The van der Waals surface area contributed by atoms with Gasteiger partial charge in [-0.05, 0) is 37.5 Å². The van der Waals surface area contributed by atoms with Gasteiger partial charge in [0.2, 0.25) is 0 Å². The van der Waals surface area contributed by atoms with Crippen LogP contribution in [-0.4, -0.2) is 25.2 Å². The first-order chi connectivity index (χ1) is 12.3. The highest BCUT2D eigenvalue weighted by atomic mass is 16.5. The number of esters is 2. The van der Waals surface area contributed by atoms with E-state index in [4.69, 9.17) is 9.47 Å². The minimum Gasteiger partial charge on any atom is -0.465 e. The maximum atomic E-state index is 12.7. The van der Waals surface area contributed by atoms with E-state index in [2.05, 4.69) is 41.5 Å². The molecule has 0 amide bonds. The van der Waals surface area contributed by atoms with Gasteiger partial charge in [-0.25, -0.2) is 0 Å². The van der Waals surface area contributed by atoms with Crippen molar-refractivity contribution in [3.8, 4) is 0 Å². The van der Waals surface area contributed by atoms with Crippen LogP contribution >= 0.6 is 0 Å². The van der Waals surface area contributed by atoms with Gasteiger partial charge >= 0.3 is 11.9 Å². The van der Waals surface area contributed by atoms with Gasteiger partial charge in [-0.15, -0.1) is 0 Å². The molecule has 0 saturated carbocycles. The fourth-order valence-corrected chi connectivity index (χ4v) is 3.13. The standard InChI is InChI=1S/C22H42O4/c1-7-9-11-13-25-21(23)19(15-17(3)4)20(16-18(5)6)22(24)26-14-12-10-8-2/h17-20H,7-16H2,1-6H3. The van der Waals surface area contributed by atoms with Gasteiger partial charge in [0.15, 0.2) is 0 Å². The molecule has 0 saturated heterocycles. The largest absolute Gasteiger partial charge is 0.465 e. The Morgan fingerprint density at radius 1 is 0.654 bits per heavy atom. The number of hydrogen-bond donors (Lipinski definition) is 0. The molecule has 0 radical (unpaired) electrons. The summed E-state index contributed by atoms with van der Waals surface area (Å²) in [4.78, 5) is 25.4. The predicted molar refractivity (Wildman–Crippen MR) is 107 cm³/mol. The fraction of sp³-hybridized carbons (Fsp3) is 0.909. The molecule has 0 aliphatic carbocycles. The Morgan fingerprint density at radius 2 is 1.00 bits per heavy atom. The van der Waals surface area contributed by atoms with Gasteiger partial charge in [0, 0.05) is 0 Å². The van der Waals surface area contributed by atoms with Crippen molar-refractivity contribution in [1.29, 1.82) is 0 Å². The highest BCUT2D eigenvalue weighted by Gasteiger charge is 2.36. The molecule has 0 aromatic carbocycles. The average molecular weight is 371 g/mol. The van der Waals surface area contributed by atoms with Gasteiger partial charge in [0.25, 0.3) is 0 Å². The lowest BCUT2D eigenvalue weighted by atomic mass is 9.80. The van der Waals surface area contributed by atoms with Crippen LogP contribution in [0.4, 0.5) is 0 Å². The molecule has 0 aliphatic heterocycles. The molecule has 26 heavy (non-hydrogen) atoms. The summed E-state index contributed by atoms with van der Waals surface area (Å²) in [6, 6.07) is 0. The Hall–Kier alpha value is -1.06. The van der Waals surface area contributed by atoms with Crippen molar-refractivity contribution in [2.24, 2.45) is 23.7 Å². The second-order valence-corrected chi connectivity index (χ2v) is 8.22. The summed E-state index contributed by atoms with van der Waals surface area (Å²) in [7, 11) is 0. The van der Waals surface area contributed by atoms with Crippen molar-refractivity contribution in [2.45, 2.75) is 92.9 Å². The highest BCUT2D eigenvalue weighted by molar-refractivity contribution is 5.82. The first kappa shape index (κ1) is 24.9. The Kier molecular flexibility index (Phi) is 14.4. The van der Waals surface area contributed by atoms with Crippen LogP contribution in [0, 0.1) is 23.7 Å². The quantitative estimate of drug-likeness (QED) is 0.271. The summed E-state index contributed by atoms with van der Waals surface area (Å²) in [5, 5.41) is 0. The zero-order valence-corrected chi connectivity index (χ0v) is 18.0. The zero-order valence-electron chi connectivity index (χ0n) is 18.0. The molecule has 0 rings (SSSR count). The first-order valence-electron chi connectivity index (χ1n) is 10.7. The second-order valence-electron chi connectivity index (χ2n) is 8.22. The molecule has 2 unspecified atom stereocenters. The van der Waals surface area contributed by atoms with E-state index < -0.39 is 11.8 Å². The molecule has 4 heteroatoms. The molecule has 4 nitrogen and oxygen atoms in total. The summed E-state index contributed by atoms with van der Waals surface area (Å²) in [5.41, 5.74) is 0. The molecular formula is C22H42O4. The normalized spacial score (nSPS) is 13.7. The molecule has 154 valence electrons. The first-order valence-corrected chi connectivity index (χ1v) is 10.7. The van der Waals surface area contributed by atoms with Gasteiger partial charge in [-0.1, -0.05) is 67.2 Å². The number of unbranched alkanes of at least 4 members (excludes halogenated alkanes) is 4. The number of rotatable bonds is 15. The van der Waals surface area contributed by atoms with E-state index in [9.17, 15) is 9.59 Å². The summed E-state index contributed by atoms with van der Waals surface area (Å²) in [5.74, 6) is -0.621. The third kappa shape index (κ3) is 11.5. The van der Waals surface area contributed by atoms with Crippen molar-refractivity contribution < 1.29 is 19.1 Å². The van der Waals surface area contributed by atoms with E-state index in [0.29, 0.717) is 37.9 Å². The van der Waals surface area contributed by atoms with Crippen molar-refractivity contribution >= 4 is 11.9 Å². The fourth-order valence-electron chi connectivity index (χ4n) is 3.13. The van der Waals surface area contributed by atoms with Gasteiger partial charge in [-0.3, -0.25) is 9.59 Å². The molecular weight excluding hydrogens is 328 g/mol. The zero-order chi connectivity index (χ0) is 19.9. The van der Waals surface area contributed by atoms with E-state index in [0.717, 1.165) is 38.5 Å². The maximum Gasteiger partial charge on any atom is 0.309 e. The molecule has 0 bridgehead atoms. The van der Waals surface area contributed by atoms with E-state index >= 15 is 0 Å². The lowest BCUT2D eigenvalue weighted by Gasteiger charge is -2.27. The SMILES string of the molecule is CCCCCOC(=O)C(CC(C)C)C(CC(C)C)C(=O)OCCCCC. The summed E-state index contributed by atoms with van der Waals surface area (Å²) >= 11 is 0. The number of carbonyl (C=O) groups excluding carboxylic acids is 2. The van der Waals surface area contributed by atoms with Crippen LogP contribution < -0.4 is 0 Å². The van der Waals surface area contributed by atoms with E-state index in [1.165, 1.54) is 0 Å². The Morgan fingerprint density at radius 3 is 1.27 bits per heavy atom. The molecule has 0 aromatic rings. The smallest absolute Gasteiger partial charge is 0.309 e. The van der Waals surface area contributed by atoms with E-state index in [1.54, 1.807) is 0 Å². The summed E-state index contributed by atoms with van der Waals surface area (Å²) in [6.45, 7) is 13.5. The van der Waals surface area contributed by atoms with Crippen LogP contribution in [0.25, 0.3) is 0 Å². The second kappa shape index (κ2) is 15.0. The summed E-state index contributed by atoms with van der Waals surface area (Å²) < 4.78 is 11.0. The minimum absolute atomic E-state index is 0.231. The van der Waals surface area contributed by atoms with Gasteiger partial charge < -0.3 is 9.47 Å². The minimum atomic E-state index is -0.405. The molecule has 0 N–H and O–H groups in total. The Balaban J connectivity index is 5.01. The van der Waals surface area contributed by atoms with Crippen LogP contribution in [0.5, 0.6) is 0 Å². The molecule has 0 heterocycles. The van der Waals surface area contributed by atoms with Gasteiger partial charge in [0.05, 0.1) is 25.0 Å². The lowest BCUT2D eigenvalue weighted by Crippen LogP contribution is -2.35. The topological polar surface area (TPSA) is 52.6 Å². The van der Waals surface area contributed by atoms with Crippen molar-refractivity contribution in [1.82, 2.24) is 0 Å². The van der Waals surface area contributed by atoms with Crippen LogP contribution in [0.15, 0.2) is 0 Å². The van der Waals surface area contributed by atoms with Crippen molar-refractivity contribution in [3.05, 3.63) is 0 Å². The van der Waals surface area contributed by atoms with Crippen molar-refractivity contribution in [2.75, 3.05) is 13.2 Å². The third-order valence-corrected chi connectivity index (χ3v) is 4.53. The Labute approximate surface area is 161 Å². The van der Waals surface area contributed by atoms with E-state index in [1.807, 2.05) is 0 Å². The highest BCUT2D eigenvalue weighted by Crippen LogP contribution is 2.29. The van der Waals surface area contributed by atoms with Crippen LogP contribution in [0.3, 0.4) is 0 Å². The number of carbonyl (C=O) groups is 2. The average Bonchev–Trinajstić information content (AvgIpc) is 2.57. The van der Waals surface area contributed by atoms with E-state index in [-0.39, 0.29) is 11.9 Å². The summed E-state index contributed by atoms with van der Waals surface area (Å²) in [6.07, 6.45) is 7.37. The molecule has 0 aromatic heterocycles. The molecule has 0 fully saturated rings. The molecule has 2 atom stereocenters. The van der Waals surface area contributed by atoms with Crippen molar-refractivity contribution in [3.63, 3.8) is 0 Å². The predicted octanol–water partition coefficient (Wildman–Crippen LogP) is 5.78. The molecule has 0 spiro atoms. The third-order valence-electron chi connectivity index (χ3n) is 4.53. The lowest BCUT2D eigenvalue weighted by molar-refractivity contribution is -0.162. The Bertz CT molecular complexity index is 340. The van der Waals surface area contributed by atoms with Crippen LogP contribution in [-0.2, 0) is 19.1 Å². The van der Waals surface area contributed by atoms with Gasteiger partial charge in [-0.2, -0.15) is 0 Å². The van der Waals surface area contributed by atoms with Gasteiger partial charge in [0.1, 0.15) is 0 Å².